The number of hydrogen-bond acceptors (Lipinski definition) is 3. The van der Waals surface area contributed by atoms with Crippen molar-refractivity contribution in [2.45, 2.75) is 33.1 Å². The van der Waals surface area contributed by atoms with E-state index in [0.29, 0.717) is 5.41 Å². The average Bonchev–Trinajstić information content (AvgIpc) is 2.40. The van der Waals surface area contributed by atoms with Crippen LogP contribution >= 0.6 is 0 Å². The Morgan fingerprint density at radius 2 is 2.12 bits per heavy atom. The molecule has 1 aliphatic rings. The highest BCUT2D eigenvalue weighted by molar-refractivity contribution is 5.53. The molecule has 94 valence electrons. The van der Waals surface area contributed by atoms with Crippen molar-refractivity contribution in [2.24, 2.45) is 5.41 Å². The fraction of sp³-hybridized carbons (Fsp3) is 0.643. The standard InChI is InChI=1S/C14H23N3/c1-4-14(2)6-9-17(10-7-14)12-5-8-16-13(11-12)15-3/h5,8,11H,4,6-7,9-10H2,1-3H3,(H,15,16). The zero-order valence-electron chi connectivity index (χ0n) is 11.2. The van der Waals surface area contributed by atoms with Gasteiger partial charge in [-0.05, 0) is 24.3 Å². The van der Waals surface area contributed by atoms with Gasteiger partial charge in [-0.25, -0.2) is 4.98 Å². The Bertz CT molecular complexity index is 367. The summed E-state index contributed by atoms with van der Waals surface area (Å²) in [5, 5.41) is 3.10. The van der Waals surface area contributed by atoms with Crippen molar-refractivity contribution in [1.82, 2.24) is 4.98 Å². The molecule has 0 amide bonds. The first-order valence-corrected chi connectivity index (χ1v) is 6.55. The topological polar surface area (TPSA) is 28.2 Å². The molecular formula is C14H23N3. The van der Waals surface area contributed by atoms with Gasteiger partial charge in [0.2, 0.25) is 0 Å². The summed E-state index contributed by atoms with van der Waals surface area (Å²) in [4.78, 5) is 6.73. The van der Waals surface area contributed by atoms with Crippen molar-refractivity contribution in [1.29, 1.82) is 0 Å². The fourth-order valence-corrected chi connectivity index (χ4v) is 2.41. The maximum atomic E-state index is 4.26. The van der Waals surface area contributed by atoms with Gasteiger partial charge in [0.05, 0.1) is 0 Å². The van der Waals surface area contributed by atoms with Crippen molar-refractivity contribution >= 4 is 11.5 Å². The number of nitrogens with one attached hydrogen (secondary N) is 1. The van der Waals surface area contributed by atoms with E-state index in [4.69, 9.17) is 0 Å². The van der Waals surface area contributed by atoms with E-state index in [1.54, 1.807) is 0 Å². The predicted octanol–water partition coefficient (Wildman–Crippen LogP) is 3.14. The van der Waals surface area contributed by atoms with Crippen LogP contribution in [0, 0.1) is 5.41 Å². The van der Waals surface area contributed by atoms with Gasteiger partial charge in [-0.1, -0.05) is 20.3 Å². The Morgan fingerprint density at radius 1 is 1.41 bits per heavy atom. The molecule has 0 unspecified atom stereocenters. The Balaban J connectivity index is 2.05. The molecule has 1 aromatic rings. The number of rotatable bonds is 3. The maximum Gasteiger partial charge on any atom is 0.127 e. The lowest BCUT2D eigenvalue weighted by Crippen LogP contribution is -2.38. The van der Waals surface area contributed by atoms with Gasteiger partial charge in [0.15, 0.2) is 0 Å². The Kier molecular flexibility index (Phi) is 3.55. The maximum absolute atomic E-state index is 4.26. The van der Waals surface area contributed by atoms with E-state index in [1.165, 1.54) is 24.9 Å². The number of nitrogens with zero attached hydrogens (tertiary/aromatic N) is 2. The van der Waals surface area contributed by atoms with Crippen molar-refractivity contribution in [3.63, 3.8) is 0 Å². The third kappa shape index (κ3) is 2.71. The van der Waals surface area contributed by atoms with Crippen LogP contribution in [-0.4, -0.2) is 25.1 Å². The van der Waals surface area contributed by atoms with Gasteiger partial charge >= 0.3 is 0 Å². The average molecular weight is 233 g/mol. The highest BCUT2D eigenvalue weighted by Gasteiger charge is 2.28. The van der Waals surface area contributed by atoms with E-state index in [-0.39, 0.29) is 0 Å². The van der Waals surface area contributed by atoms with Crippen LogP contribution in [-0.2, 0) is 0 Å². The minimum atomic E-state index is 0.551. The van der Waals surface area contributed by atoms with Gasteiger partial charge in [-0.3, -0.25) is 0 Å². The first kappa shape index (κ1) is 12.2. The van der Waals surface area contributed by atoms with E-state index in [2.05, 4.69) is 41.2 Å². The Hall–Kier alpha value is -1.25. The zero-order valence-corrected chi connectivity index (χ0v) is 11.2. The molecule has 1 fully saturated rings. The van der Waals surface area contributed by atoms with Crippen LogP contribution in [0.25, 0.3) is 0 Å². The molecule has 0 aromatic carbocycles. The monoisotopic (exact) mass is 233 g/mol. The van der Waals surface area contributed by atoms with Crippen LogP contribution in [0.2, 0.25) is 0 Å². The second kappa shape index (κ2) is 4.94. The lowest BCUT2D eigenvalue weighted by atomic mass is 9.78. The van der Waals surface area contributed by atoms with E-state index < -0.39 is 0 Å². The molecule has 0 atom stereocenters. The lowest BCUT2D eigenvalue weighted by molar-refractivity contribution is 0.238. The van der Waals surface area contributed by atoms with E-state index in [0.717, 1.165) is 18.9 Å². The summed E-state index contributed by atoms with van der Waals surface area (Å²) in [5.41, 5.74) is 1.84. The fourth-order valence-electron chi connectivity index (χ4n) is 2.41. The molecular weight excluding hydrogens is 210 g/mol. The lowest BCUT2D eigenvalue weighted by Gasteiger charge is -2.40. The number of hydrogen-bond donors (Lipinski definition) is 1. The summed E-state index contributed by atoms with van der Waals surface area (Å²) in [7, 11) is 1.91. The highest BCUT2D eigenvalue weighted by atomic mass is 15.1. The van der Waals surface area contributed by atoms with Crippen molar-refractivity contribution in [3.8, 4) is 0 Å². The molecule has 0 bridgehead atoms. The summed E-state index contributed by atoms with van der Waals surface area (Å²) < 4.78 is 0. The summed E-state index contributed by atoms with van der Waals surface area (Å²) in [6.45, 7) is 7.05. The molecule has 1 saturated heterocycles. The van der Waals surface area contributed by atoms with E-state index >= 15 is 0 Å². The second-order valence-corrected chi connectivity index (χ2v) is 5.30. The van der Waals surface area contributed by atoms with E-state index in [1.807, 2.05) is 13.2 Å². The number of piperidine rings is 1. The normalized spacial score (nSPS) is 19.1. The summed E-state index contributed by atoms with van der Waals surface area (Å²) >= 11 is 0. The first-order chi connectivity index (χ1) is 8.17. The third-order valence-electron chi connectivity index (χ3n) is 4.19. The molecule has 3 heteroatoms. The molecule has 2 rings (SSSR count). The van der Waals surface area contributed by atoms with Gasteiger partial charge in [-0.2, -0.15) is 0 Å². The molecule has 1 aromatic heterocycles. The van der Waals surface area contributed by atoms with Crippen molar-refractivity contribution in [2.75, 3.05) is 30.4 Å². The van der Waals surface area contributed by atoms with Gasteiger partial charge in [0.1, 0.15) is 5.82 Å². The summed E-state index contributed by atoms with van der Waals surface area (Å²) in [6, 6.07) is 4.24. The first-order valence-electron chi connectivity index (χ1n) is 6.55. The molecule has 0 radical (unpaired) electrons. The van der Waals surface area contributed by atoms with E-state index in [9.17, 15) is 0 Å². The molecule has 17 heavy (non-hydrogen) atoms. The smallest absolute Gasteiger partial charge is 0.127 e. The van der Waals surface area contributed by atoms with Gasteiger partial charge in [0.25, 0.3) is 0 Å². The minimum Gasteiger partial charge on any atom is -0.373 e. The highest BCUT2D eigenvalue weighted by Crippen LogP contribution is 2.35. The second-order valence-electron chi connectivity index (χ2n) is 5.30. The molecule has 3 nitrogen and oxygen atoms in total. The molecule has 2 heterocycles. The molecule has 0 saturated carbocycles. The number of pyridine rings is 1. The van der Waals surface area contributed by atoms with Crippen LogP contribution in [0.3, 0.4) is 0 Å². The number of aromatic nitrogens is 1. The van der Waals surface area contributed by atoms with Crippen LogP contribution in [0.1, 0.15) is 33.1 Å². The largest absolute Gasteiger partial charge is 0.373 e. The van der Waals surface area contributed by atoms with Gasteiger partial charge in [0, 0.05) is 38.1 Å². The minimum absolute atomic E-state index is 0.551. The quantitative estimate of drug-likeness (QED) is 0.869. The van der Waals surface area contributed by atoms with Gasteiger partial charge in [-0.15, -0.1) is 0 Å². The Labute approximate surface area is 104 Å². The third-order valence-corrected chi connectivity index (χ3v) is 4.19. The molecule has 0 aliphatic carbocycles. The molecule has 1 N–H and O–H groups in total. The molecule has 0 spiro atoms. The van der Waals surface area contributed by atoms with Crippen molar-refractivity contribution in [3.05, 3.63) is 18.3 Å². The van der Waals surface area contributed by atoms with Crippen LogP contribution in [0.15, 0.2) is 18.3 Å². The SMILES string of the molecule is CCC1(C)CCN(c2ccnc(NC)c2)CC1. The van der Waals surface area contributed by atoms with Crippen LogP contribution < -0.4 is 10.2 Å². The van der Waals surface area contributed by atoms with Crippen LogP contribution in [0.5, 0.6) is 0 Å². The number of anilines is 2. The van der Waals surface area contributed by atoms with Gasteiger partial charge < -0.3 is 10.2 Å². The van der Waals surface area contributed by atoms with Crippen molar-refractivity contribution < 1.29 is 0 Å². The van der Waals surface area contributed by atoms with Crippen LogP contribution in [0.4, 0.5) is 11.5 Å². The Morgan fingerprint density at radius 3 is 2.71 bits per heavy atom. The summed E-state index contributed by atoms with van der Waals surface area (Å²) in [5.74, 6) is 0.950. The predicted molar refractivity (Wildman–Crippen MR) is 73.6 cm³/mol. The summed E-state index contributed by atoms with van der Waals surface area (Å²) in [6.07, 6.45) is 5.76. The zero-order chi connectivity index (χ0) is 12.3. The molecule has 1 aliphatic heterocycles.